The summed E-state index contributed by atoms with van der Waals surface area (Å²) < 4.78 is 30.7. The number of hydrogen-bond donors (Lipinski definition) is 1. The van der Waals surface area contributed by atoms with Crippen LogP contribution in [0.1, 0.15) is 39.0 Å². The predicted molar refractivity (Wildman–Crippen MR) is 104 cm³/mol. The van der Waals surface area contributed by atoms with Crippen molar-refractivity contribution < 1.29 is 18.3 Å². The van der Waals surface area contributed by atoms with Crippen LogP contribution in [-0.2, 0) is 14.6 Å². The Hall–Kier alpha value is -1.65. The summed E-state index contributed by atoms with van der Waals surface area (Å²) >= 11 is 0. The lowest BCUT2D eigenvalue weighted by Gasteiger charge is -2.16. The number of ether oxygens (including phenoxy) is 1. The van der Waals surface area contributed by atoms with Crippen LogP contribution in [0.2, 0.25) is 0 Å². The molecule has 1 unspecified atom stereocenters. The number of sulfone groups is 1. The Labute approximate surface area is 156 Å². The van der Waals surface area contributed by atoms with Crippen molar-refractivity contribution in [2.24, 2.45) is 0 Å². The highest BCUT2D eigenvalue weighted by atomic mass is 32.2. The third-order valence-corrected chi connectivity index (χ3v) is 6.48. The van der Waals surface area contributed by atoms with E-state index in [9.17, 15) is 13.5 Å². The van der Waals surface area contributed by atoms with E-state index in [0.717, 1.165) is 11.1 Å². The molecule has 0 amide bonds. The third kappa shape index (κ3) is 5.96. The summed E-state index contributed by atoms with van der Waals surface area (Å²) in [7, 11) is -3.29. The van der Waals surface area contributed by atoms with E-state index >= 15 is 0 Å². The number of aliphatic hydroxyl groups is 1. The van der Waals surface area contributed by atoms with Crippen molar-refractivity contribution >= 4 is 9.84 Å². The summed E-state index contributed by atoms with van der Waals surface area (Å²) in [6, 6.07) is 8.49. The summed E-state index contributed by atoms with van der Waals surface area (Å²) in [5.74, 6) is 0.0631. The van der Waals surface area contributed by atoms with Crippen molar-refractivity contribution in [3.05, 3.63) is 60.4 Å². The van der Waals surface area contributed by atoms with Gasteiger partial charge in [0.25, 0.3) is 0 Å². The quantitative estimate of drug-likeness (QED) is 0.526. The second kappa shape index (κ2) is 9.33. The Morgan fingerprint density at radius 3 is 2.69 bits per heavy atom. The van der Waals surface area contributed by atoms with Gasteiger partial charge in [0.15, 0.2) is 9.84 Å². The van der Waals surface area contributed by atoms with Gasteiger partial charge in [0.1, 0.15) is 0 Å². The summed E-state index contributed by atoms with van der Waals surface area (Å²) in [5.41, 5.74) is 4.70. The van der Waals surface area contributed by atoms with E-state index in [1.54, 1.807) is 30.3 Å². The molecule has 0 bridgehead atoms. The first-order chi connectivity index (χ1) is 12.3. The lowest BCUT2D eigenvalue weighted by molar-refractivity contribution is 0.0369. The van der Waals surface area contributed by atoms with Crippen molar-refractivity contribution in [3.8, 4) is 0 Å². The molecule has 1 aromatic rings. The van der Waals surface area contributed by atoms with Crippen LogP contribution in [0.15, 0.2) is 65.3 Å². The Morgan fingerprint density at radius 1 is 1.35 bits per heavy atom. The third-order valence-electron chi connectivity index (χ3n) is 4.72. The van der Waals surface area contributed by atoms with Gasteiger partial charge in [-0.05, 0) is 55.9 Å². The molecule has 0 spiro atoms. The second-order valence-electron chi connectivity index (χ2n) is 6.92. The minimum atomic E-state index is -3.29. The summed E-state index contributed by atoms with van der Waals surface area (Å²) in [5, 5.41) is 10.0. The Bertz CT molecular complexity index is 760. The van der Waals surface area contributed by atoms with Crippen molar-refractivity contribution in [2.75, 3.05) is 5.75 Å². The summed E-state index contributed by atoms with van der Waals surface area (Å²) in [6.45, 7) is 9.53. The van der Waals surface area contributed by atoms with Gasteiger partial charge in [0.2, 0.25) is 0 Å². The first-order valence-corrected chi connectivity index (χ1v) is 10.6. The van der Waals surface area contributed by atoms with Gasteiger partial charge in [-0.1, -0.05) is 31.4 Å². The fourth-order valence-corrected chi connectivity index (χ4v) is 4.53. The number of hydrogen-bond acceptors (Lipinski definition) is 4. The van der Waals surface area contributed by atoms with Crippen LogP contribution in [0.5, 0.6) is 0 Å². The lowest BCUT2D eigenvalue weighted by Crippen LogP contribution is -2.18. The van der Waals surface area contributed by atoms with Gasteiger partial charge in [-0.15, -0.1) is 5.73 Å². The van der Waals surface area contributed by atoms with Crippen LogP contribution in [0.3, 0.4) is 0 Å². The van der Waals surface area contributed by atoms with Gasteiger partial charge in [-0.3, -0.25) is 0 Å². The largest absolute Gasteiger partial charge is 0.393 e. The molecule has 142 valence electrons. The molecular weight excluding hydrogens is 348 g/mol. The maximum atomic E-state index is 12.4. The molecule has 1 saturated heterocycles. The molecule has 1 aliphatic heterocycles. The maximum Gasteiger partial charge on any atom is 0.178 e. The maximum absolute atomic E-state index is 12.4. The monoisotopic (exact) mass is 376 g/mol. The molecule has 3 atom stereocenters. The SMILES string of the molecule is C=C=C(C)C[C@@H](O)CCC1O[C@@H](CCS(=O)(=O)c2ccccc2)CC1=C. The molecule has 0 saturated carbocycles. The average molecular weight is 377 g/mol. The highest BCUT2D eigenvalue weighted by Crippen LogP contribution is 2.30. The zero-order chi connectivity index (χ0) is 19.2. The normalized spacial score (nSPS) is 21.4. The minimum absolute atomic E-state index is 0.0631. The Morgan fingerprint density at radius 2 is 2.04 bits per heavy atom. The van der Waals surface area contributed by atoms with Crippen LogP contribution in [0.25, 0.3) is 0 Å². The molecule has 0 radical (unpaired) electrons. The smallest absolute Gasteiger partial charge is 0.178 e. The molecule has 0 aromatic heterocycles. The highest BCUT2D eigenvalue weighted by molar-refractivity contribution is 7.91. The van der Waals surface area contributed by atoms with Crippen molar-refractivity contribution in [1.29, 1.82) is 0 Å². The number of benzene rings is 1. The van der Waals surface area contributed by atoms with Gasteiger partial charge in [-0.2, -0.15) is 0 Å². The molecule has 1 N–H and O–H groups in total. The van der Waals surface area contributed by atoms with Crippen LogP contribution in [0.4, 0.5) is 0 Å². The van der Waals surface area contributed by atoms with Crippen molar-refractivity contribution in [1.82, 2.24) is 0 Å². The molecular formula is C21H28O4S. The van der Waals surface area contributed by atoms with E-state index in [-0.39, 0.29) is 18.0 Å². The van der Waals surface area contributed by atoms with Gasteiger partial charge in [0.05, 0.1) is 29.0 Å². The highest BCUT2D eigenvalue weighted by Gasteiger charge is 2.30. The molecule has 4 nitrogen and oxygen atoms in total. The number of rotatable bonds is 9. The minimum Gasteiger partial charge on any atom is -0.393 e. The molecule has 1 fully saturated rings. The molecule has 1 aliphatic rings. The first kappa shape index (κ1) is 20.7. The van der Waals surface area contributed by atoms with E-state index in [4.69, 9.17) is 4.74 Å². The van der Waals surface area contributed by atoms with Crippen LogP contribution < -0.4 is 0 Å². The van der Waals surface area contributed by atoms with E-state index in [0.29, 0.717) is 37.0 Å². The molecule has 2 rings (SSSR count). The fourth-order valence-electron chi connectivity index (χ4n) is 3.15. The van der Waals surface area contributed by atoms with Crippen molar-refractivity contribution in [2.45, 2.75) is 62.2 Å². The standard InChI is InChI=1S/C21H28O4S/c1-4-16(2)14-18(22)10-11-21-17(3)15-19(25-21)12-13-26(23,24)20-8-6-5-7-9-20/h5-9,18-19,21-22H,1,3,10-15H2,2H3/t18-,19-,21?/m0/s1. The Kier molecular flexibility index (Phi) is 7.42. The zero-order valence-electron chi connectivity index (χ0n) is 15.4. The Balaban J connectivity index is 1.81. The average Bonchev–Trinajstić information content (AvgIpc) is 2.99. The van der Waals surface area contributed by atoms with Gasteiger partial charge in [-0.25, -0.2) is 8.42 Å². The van der Waals surface area contributed by atoms with E-state index in [1.165, 1.54) is 0 Å². The van der Waals surface area contributed by atoms with Gasteiger partial charge in [0, 0.05) is 6.42 Å². The van der Waals surface area contributed by atoms with Gasteiger partial charge >= 0.3 is 0 Å². The van der Waals surface area contributed by atoms with Crippen LogP contribution in [0, 0.1) is 0 Å². The first-order valence-electron chi connectivity index (χ1n) is 8.96. The zero-order valence-corrected chi connectivity index (χ0v) is 16.2. The molecule has 1 aromatic carbocycles. The van der Waals surface area contributed by atoms with Crippen LogP contribution in [-0.4, -0.2) is 37.6 Å². The number of aliphatic hydroxyl groups excluding tert-OH is 1. The molecule has 26 heavy (non-hydrogen) atoms. The predicted octanol–water partition coefficient (Wildman–Crippen LogP) is 3.83. The summed E-state index contributed by atoms with van der Waals surface area (Å²) in [6.07, 6.45) is 2.30. The summed E-state index contributed by atoms with van der Waals surface area (Å²) in [4.78, 5) is 0.349. The fraction of sp³-hybridized carbons (Fsp3) is 0.476. The van der Waals surface area contributed by atoms with E-state index in [1.807, 2.05) is 6.92 Å². The molecule has 5 heteroatoms. The second-order valence-corrected chi connectivity index (χ2v) is 9.03. The van der Waals surface area contributed by atoms with Crippen LogP contribution >= 0.6 is 0 Å². The van der Waals surface area contributed by atoms with Gasteiger partial charge < -0.3 is 9.84 Å². The van der Waals surface area contributed by atoms with E-state index < -0.39 is 15.9 Å². The molecule has 1 heterocycles. The van der Waals surface area contributed by atoms with E-state index in [2.05, 4.69) is 18.9 Å². The van der Waals surface area contributed by atoms with Crippen molar-refractivity contribution in [3.63, 3.8) is 0 Å². The lowest BCUT2D eigenvalue weighted by atomic mass is 10.00. The topological polar surface area (TPSA) is 63.6 Å². The molecule has 0 aliphatic carbocycles.